The Bertz CT molecular complexity index is 1450. The normalized spacial score (nSPS) is 12.8. The van der Waals surface area contributed by atoms with Gasteiger partial charge in [0.05, 0.1) is 30.9 Å². The maximum atomic E-state index is 15.0. The molecule has 8 nitrogen and oxygen atoms in total. The van der Waals surface area contributed by atoms with Crippen molar-refractivity contribution in [3.05, 3.63) is 72.2 Å². The Morgan fingerprint density at radius 2 is 1.78 bits per heavy atom. The summed E-state index contributed by atoms with van der Waals surface area (Å²) >= 11 is 0. The smallest absolute Gasteiger partial charge is 0.261 e. The molecule has 2 aromatic heterocycles. The van der Waals surface area contributed by atoms with E-state index in [2.05, 4.69) is 15.3 Å². The van der Waals surface area contributed by atoms with Gasteiger partial charge in [0.25, 0.3) is 5.91 Å². The van der Waals surface area contributed by atoms with Gasteiger partial charge < -0.3 is 24.3 Å². The zero-order chi connectivity index (χ0) is 25.9. The van der Waals surface area contributed by atoms with E-state index in [-0.39, 0.29) is 23.1 Å². The highest BCUT2D eigenvalue weighted by Crippen LogP contribution is 2.38. The lowest BCUT2D eigenvalue weighted by atomic mass is 10.1. The molecule has 0 spiro atoms. The summed E-state index contributed by atoms with van der Waals surface area (Å²) in [5.74, 6) is -1.80. The number of halogens is 2. The second-order valence-corrected chi connectivity index (χ2v) is 8.28. The molecule has 1 N–H and O–H groups in total. The summed E-state index contributed by atoms with van der Waals surface area (Å²) in [7, 11) is 1.49. The van der Waals surface area contributed by atoms with Crippen LogP contribution in [0.2, 0.25) is 0 Å². The average Bonchev–Trinajstić information content (AvgIpc) is 3.70. The molecule has 1 aliphatic rings. The van der Waals surface area contributed by atoms with Crippen molar-refractivity contribution in [3.63, 3.8) is 0 Å². The number of carbonyl (C=O) groups is 1. The summed E-state index contributed by atoms with van der Waals surface area (Å²) in [6, 6.07) is 8.31. The van der Waals surface area contributed by atoms with E-state index in [1.54, 1.807) is 18.2 Å². The molecule has 2 heterocycles. The van der Waals surface area contributed by atoms with Crippen molar-refractivity contribution in [1.82, 2.24) is 9.97 Å². The molecule has 0 saturated heterocycles. The first kappa shape index (κ1) is 24.2. The number of anilines is 1. The zero-order valence-electron chi connectivity index (χ0n) is 20.1. The van der Waals surface area contributed by atoms with E-state index in [9.17, 15) is 4.79 Å². The molecule has 10 heteroatoms. The monoisotopic (exact) mass is 507 g/mol. The number of hydrogen-bond acceptors (Lipinski definition) is 7. The van der Waals surface area contributed by atoms with E-state index < -0.39 is 23.3 Å². The largest absolute Gasteiger partial charge is 0.493 e. The average molecular weight is 507 g/mol. The standard InChI is InChI=1S/C27H23F2N3O5/c1-3-35-25-13-21-17(12-24(25)34-2)22(7-9-31-21)37-26-19(28)10-15(11-20(26)29)32-27(33)18-14-30-8-6-23(18)36-16-4-5-16/h6-14,16H,3-5H2,1-2H3,(H,32,33). The minimum absolute atomic E-state index is 0.0651. The summed E-state index contributed by atoms with van der Waals surface area (Å²) in [6.45, 7) is 2.26. The SMILES string of the molecule is CCOc1cc2nccc(Oc3c(F)cc(NC(=O)c4cnccc4OC4CC4)cc3F)c2cc1OC. The Kier molecular flexibility index (Phi) is 6.72. The molecule has 5 rings (SSSR count). The van der Waals surface area contributed by atoms with E-state index in [1.807, 2.05) is 6.92 Å². The zero-order valence-corrected chi connectivity index (χ0v) is 20.1. The van der Waals surface area contributed by atoms with Gasteiger partial charge in [-0.05, 0) is 38.0 Å². The van der Waals surface area contributed by atoms with Crippen molar-refractivity contribution in [1.29, 1.82) is 0 Å². The summed E-state index contributed by atoms with van der Waals surface area (Å²) < 4.78 is 52.3. The van der Waals surface area contributed by atoms with Crippen LogP contribution in [0.1, 0.15) is 30.1 Å². The maximum Gasteiger partial charge on any atom is 0.261 e. The number of pyridine rings is 2. The van der Waals surface area contributed by atoms with Gasteiger partial charge in [-0.1, -0.05) is 0 Å². The van der Waals surface area contributed by atoms with Crippen LogP contribution in [0.5, 0.6) is 28.7 Å². The van der Waals surface area contributed by atoms with Crippen LogP contribution in [0.3, 0.4) is 0 Å². The van der Waals surface area contributed by atoms with Gasteiger partial charge in [-0.3, -0.25) is 14.8 Å². The van der Waals surface area contributed by atoms with Crippen molar-refractivity contribution in [2.75, 3.05) is 19.0 Å². The van der Waals surface area contributed by atoms with Crippen molar-refractivity contribution in [3.8, 4) is 28.7 Å². The second-order valence-electron chi connectivity index (χ2n) is 8.28. The number of amides is 1. The van der Waals surface area contributed by atoms with Gasteiger partial charge in [0.15, 0.2) is 28.9 Å². The first-order valence-corrected chi connectivity index (χ1v) is 11.6. The van der Waals surface area contributed by atoms with E-state index in [1.165, 1.54) is 31.8 Å². The van der Waals surface area contributed by atoms with Crippen LogP contribution in [0.25, 0.3) is 10.9 Å². The van der Waals surface area contributed by atoms with E-state index in [0.29, 0.717) is 34.8 Å². The fraction of sp³-hybridized carbons (Fsp3) is 0.222. The first-order valence-electron chi connectivity index (χ1n) is 11.6. The fourth-order valence-corrected chi connectivity index (χ4v) is 3.70. The Balaban J connectivity index is 1.40. The predicted molar refractivity (Wildman–Crippen MR) is 132 cm³/mol. The highest BCUT2D eigenvalue weighted by molar-refractivity contribution is 6.06. The van der Waals surface area contributed by atoms with E-state index in [4.69, 9.17) is 18.9 Å². The summed E-state index contributed by atoms with van der Waals surface area (Å²) in [6.07, 6.45) is 6.20. The molecule has 0 unspecified atom stereocenters. The number of benzene rings is 2. The van der Waals surface area contributed by atoms with Gasteiger partial charge in [0.2, 0.25) is 0 Å². The molecule has 37 heavy (non-hydrogen) atoms. The van der Waals surface area contributed by atoms with Gasteiger partial charge in [-0.2, -0.15) is 0 Å². The van der Waals surface area contributed by atoms with Gasteiger partial charge in [-0.25, -0.2) is 8.78 Å². The van der Waals surface area contributed by atoms with Crippen molar-refractivity contribution >= 4 is 22.5 Å². The maximum absolute atomic E-state index is 15.0. The number of nitrogens with one attached hydrogen (secondary N) is 1. The van der Waals surface area contributed by atoms with Crippen LogP contribution >= 0.6 is 0 Å². The molecular weight excluding hydrogens is 484 g/mol. The Labute approximate surface area is 211 Å². The van der Waals surface area contributed by atoms with Crippen LogP contribution in [-0.4, -0.2) is 35.7 Å². The summed E-state index contributed by atoms with van der Waals surface area (Å²) in [5, 5.41) is 2.96. The molecule has 2 aromatic carbocycles. The van der Waals surface area contributed by atoms with Crippen molar-refractivity contribution in [2.45, 2.75) is 25.9 Å². The van der Waals surface area contributed by atoms with Crippen LogP contribution in [0.15, 0.2) is 55.0 Å². The highest BCUT2D eigenvalue weighted by atomic mass is 19.1. The molecule has 0 atom stereocenters. The molecule has 1 saturated carbocycles. The number of carbonyl (C=O) groups excluding carboxylic acids is 1. The molecule has 0 radical (unpaired) electrons. The first-order chi connectivity index (χ1) is 18.0. The molecule has 0 aliphatic heterocycles. The topological polar surface area (TPSA) is 91.8 Å². The lowest BCUT2D eigenvalue weighted by Gasteiger charge is -2.15. The lowest BCUT2D eigenvalue weighted by Crippen LogP contribution is -2.15. The number of hydrogen-bond donors (Lipinski definition) is 1. The summed E-state index contributed by atoms with van der Waals surface area (Å²) in [5.41, 5.74) is 0.572. The number of rotatable bonds is 9. The number of fused-ring (bicyclic) bond motifs is 1. The minimum atomic E-state index is -1.00. The third kappa shape index (κ3) is 5.23. The Morgan fingerprint density at radius 3 is 2.49 bits per heavy atom. The van der Waals surface area contributed by atoms with Crippen LogP contribution in [-0.2, 0) is 0 Å². The molecule has 0 bridgehead atoms. The highest BCUT2D eigenvalue weighted by Gasteiger charge is 2.26. The van der Waals surface area contributed by atoms with Gasteiger partial charge in [0.1, 0.15) is 11.5 Å². The third-order valence-electron chi connectivity index (χ3n) is 5.60. The number of methoxy groups -OCH3 is 1. The third-order valence-corrected chi connectivity index (χ3v) is 5.60. The number of aromatic nitrogens is 2. The number of nitrogens with zero attached hydrogens (tertiary/aromatic N) is 2. The second kappa shape index (κ2) is 10.3. The molecule has 4 aromatic rings. The number of ether oxygens (including phenoxy) is 4. The van der Waals surface area contributed by atoms with Crippen LogP contribution < -0.4 is 24.3 Å². The van der Waals surface area contributed by atoms with Crippen molar-refractivity contribution < 1.29 is 32.5 Å². The predicted octanol–water partition coefficient (Wildman–Crippen LogP) is 5.90. The molecular formula is C27H23F2N3O5. The fourth-order valence-electron chi connectivity index (χ4n) is 3.70. The van der Waals surface area contributed by atoms with Crippen LogP contribution in [0, 0.1) is 11.6 Å². The quantitative estimate of drug-likeness (QED) is 0.302. The van der Waals surface area contributed by atoms with Crippen LogP contribution in [0.4, 0.5) is 14.5 Å². The van der Waals surface area contributed by atoms with Gasteiger partial charge >= 0.3 is 0 Å². The van der Waals surface area contributed by atoms with Gasteiger partial charge in [0, 0.05) is 47.9 Å². The molecule has 1 amide bonds. The molecule has 1 aliphatic carbocycles. The summed E-state index contributed by atoms with van der Waals surface area (Å²) in [4.78, 5) is 21.0. The minimum Gasteiger partial charge on any atom is -0.493 e. The Morgan fingerprint density at radius 1 is 1.03 bits per heavy atom. The molecule has 1 fully saturated rings. The lowest BCUT2D eigenvalue weighted by molar-refractivity contribution is 0.102. The Hall–Kier alpha value is -4.47. The molecule has 190 valence electrons. The van der Waals surface area contributed by atoms with E-state index in [0.717, 1.165) is 25.0 Å². The van der Waals surface area contributed by atoms with Crippen molar-refractivity contribution in [2.24, 2.45) is 0 Å². The van der Waals surface area contributed by atoms with E-state index >= 15 is 8.78 Å². The van der Waals surface area contributed by atoms with Gasteiger partial charge in [-0.15, -0.1) is 0 Å².